The van der Waals surface area contributed by atoms with Crippen molar-refractivity contribution in [2.45, 2.75) is 24.9 Å². The van der Waals surface area contributed by atoms with E-state index in [1.807, 2.05) is 0 Å². The summed E-state index contributed by atoms with van der Waals surface area (Å²) in [5.41, 5.74) is -0.468. The first-order valence-electron chi connectivity index (χ1n) is 3.60. The fraction of sp³-hybridized carbons (Fsp3) is 0.750. The molecule has 3 aliphatic rings. The summed E-state index contributed by atoms with van der Waals surface area (Å²) < 4.78 is 0. The Morgan fingerprint density at radius 1 is 1.56 bits per heavy atom. The Hall–Kier alpha value is -0.300. The highest BCUT2D eigenvalue weighted by Crippen LogP contribution is 2.55. The van der Waals surface area contributed by atoms with E-state index in [1.54, 1.807) is 6.08 Å². The molecule has 3 saturated carbocycles. The van der Waals surface area contributed by atoms with E-state index in [1.165, 1.54) is 12.8 Å². The third-order valence-corrected chi connectivity index (χ3v) is 2.91. The molecule has 3 rings (SSSR count). The molecule has 0 amide bonds. The molecule has 50 valence electrons. The molecule has 0 aliphatic heterocycles. The van der Waals surface area contributed by atoms with Crippen LogP contribution in [0.2, 0.25) is 0 Å². The first kappa shape index (κ1) is 5.48. The van der Waals surface area contributed by atoms with Crippen molar-refractivity contribution < 1.29 is 5.11 Å². The molecular formula is C8H12O. The van der Waals surface area contributed by atoms with Crippen molar-refractivity contribution in [2.24, 2.45) is 11.8 Å². The maximum Gasteiger partial charge on any atom is 0.0855 e. The van der Waals surface area contributed by atoms with Gasteiger partial charge in [-0.1, -0.05) is 6.08 Å². The van der Waals surface area contributed by atoms with Crippen molar-refractivity contribution >= 4 is 0 Å². The van der Waals surface area contributed by atoms with Crippen LogP contribution in [0.3, 0.4) is 0 Å². The van der Waals surface area contributed by atoms with Crippen LogP contribution in [0.25, 0.3) is 0 Å². The highest BCUT2D eigenvalue weighted by Gasteiger charge is 2.52. The number of aliphatic hydroxyl groups is 1. The minimum absolute atomic E-state index is 0.468. The molecule has 1 atom stereocenters. The van der Waals surface area contributed by atoms with Crippen molar-refractivity contribution in [3.63, 3.8) is 0 Å². The van der Waals surface area contributed by atoms with Crippen molar-refractivity contribution in [2.75, 3.05) is 0 Å². The summed E-state index contributed by atoms with van der Waals surface area (Å²) in [5, 5.41) is 9.69. The normalized spacial score (nSPS) is 54.8. The van der Waals surface area contributed by atoms with Crippen molar-refractivity contribution in [1.29, 1.82) is 0 Å². The Bertz CT molecular complexity index is 147. The second-order valence-electron chi connectivity index (χ2n) is 3.43. The summed E-state index contributed by atoms with van der Waals surface area (Å²) in [6.07, 6.45) is 5.18. The number of rotatable bonds is 1. The Balaban J connectivity index is 2.22. The quantitative estimate of drug-likeness (QED) is 0.523. The van der Waals surface area contributed by atoms with Crippen LogP contribution in [0.1, 0.15) is 19.3 Å². The van der Waals surface area contributed by atoms with E-state index in [-0.39, 0.29) is 0 Å². The van der Waals surface area contributed by atoms with Crippen LogP contribution in [-0.4, -0.2) is 10.7 Å². The zero-order valence-electron chi connectivity index (χ0n) is 5.51. The van der Waals surface area contributed by atoms with Crippen LogP contribution in [0.15, 0.2) is 12.7 Å². The molecule has 0 unspecified atom stereocenters. The average molecular weight is 124 g/mol. The zero-order valence-corrected chi connectivity index (χ0v) is 5.51. The minimum atomic E-state index is -0.468. The molecule has 0 heterocycles. The lowest BCUT2D eigenvalue weighted by molar-refractivity contribution is 0.0577. The summed E-state index contributed by atoms with van der Waals surface area (Å²) in [4.78, 5) is 0. The van der Waals surface area contributed by atoms with Gasteiger partial charge < -0.3 is 5.11 Å². The van der Waals surface area contributed by atoms with E-state index in [0.29, 0.717) is 5.92 Å². The third kappa shape index (κ3) is 0.531. The Morgan fingerprint density at radius 2 is 2.22 bits per heavy atom. The Labute approximate surface area is 55.4 Å². The van der Waals surface area contributed by atoms with Gasteiger partial charge in [-0.15, -0.1) is 6.58 Å². The summed E-state index contributed by atoms with van der Waals surface area (Å²) in [6.45, 7) is 3.64. The van der Waals surface area contributed by atoms with Gasteiger partial charge in [-0.25, -0.2) is 0 Å². The van der Waals surface area contributed by atoms with E-state index >= 15 is 0 Å². The van der Waals surface area contributed by atoms with E-state index in [4.69, 9.17) is 0 Å². The topological polar surface area (TPSA) is 20.2 Å². The van der Waals surface area contributed by atoms with Crippen molar-refractivity contribution in [3.05, 3.63) is 12.7 Å². The molecule has 3 aliphatic carbocycles. The van der Waals surface area contributed by atoms with Gasteiger partial charge in [0.2, 0.25) is 0 Å². The first-order valence-corrected chi connectivity index (χ1v) is 3.60. The van der Waals surface area contributed by atoms with Gasteiger partial charge >= 0.3 is 0 Å². The van der Waals surface area contributed by atoms with Crippen LogP contribution in [0, 0.1) is 11.8 Å². The SMILES string of the molecule is C=C[C@@]1(O)CC2CC1C2. The monoisotopic (exact) mass is 124 g/mol. The smallest absolute Gasteiger partial charge is 0.0855 e. The van der Waals surface area contributed by atoms with Gasteiger partial charge in [0.15, 0.2) is 0 Å². The van der Waals surface area contributed by atoms with Crippen molar-refractivity contribution in [3.8, 4) is 0 Å². The summed E-state index contributed by atoms with van der Waals surface area (Å²) in [7, 11) is 0. The summed E-state index contributed by atoms with van der Waals surface area (Å²) in [6, 6.07) is 0. The van der Waals surface area contributed by atoms with Gasteiger partial charge in [0, 0.05) is 0 Å². The third-order valence-electron chi connectivity index (χ3n) is 2.91. The molecule has 3 fully saturated rings. The standard InChI is InChI=1S/C8H12O/c1-2-8(9)5-6-3-7(8)4-6/h2,6-7,9H,1,3-5H2/t6?,7?,8-/m1/s1. The molecular weight excluding hydrogens is 112 g/mol. The van der Waals surface area contributed by atoms with Gasteiger partial charge in [0.25, 0.3) is 0 Å². The van der Waals surface area contributed by atoms with Crippen LogP contribution >= 0.6 is 0 Å². The summed E-state index contributed by atoms with van der Waals surface area (Å²) in [5.74, 6) is 1.37. The fourth-order valence-electron chi connectivity index (χ4n) is 2.19. The van der Waals surface area contributed by atoms with E-state index in [2.05, 4.69) is 6.58 Å². The second-order valence-corrected chi connectivity index (χ2v) is 3.43. The average Bonchev–Trinajstić information content (AvgIpc) is 2.19. The highest BCUT2D eigenvalue weighted by molar-refractivity contribution is 5.13. The maximum absolute atomic E-state index is 9.69. The lowest BCUT2D eigenvalue weighted by Crippen LogP contribution is -2.29. The molecule has 0 radical (unpaired) electrons. The largest absolute Gasteiger partial charge is 0.386 e. The highest BCUT2D eigenvalue weighted by atomic mass is 16.3. The Morgan fingerprint density at radius 3 is 2.44 bits per heavy atom. The molecule has 1 N–H and O–H groups in total. The van der Waals surface area contributed by atoms with E-state index in [9.17, 15) is 5.11 Å². The first-order chi connectivity index (χ1) is 4.24. The molecule has 9 heavy (non-hydrogen) atoms. The molecule has 0 aromatic rings. The van der Waals surface area contributed by atoms with Crippen LogP contribution in [0.4, 0.5) is 0 Å². The van der Waals surface area contributed by atoms with Gasteiger partial charge in [-0.3, -0.25) is 0 Å². The van der Waals surface area contributed by atoms with Gasteiger partial charge in [-0.2, -0.15) is 0 Å². The van der Waals surface area contributed by atoms with Gasteiger partial charge in [0.1, 0.15) is 0 Å². The van der Waals surface area contributed by atoms with Crippen LogP contribution in [-0.2, 0) is 0 Å². The molecule has 0 spiro atoms. The maximum atomic E-state index is 9.69. The van der Waals surface area contributed by atoms with Gasteiger partial charge in [-0.05, 0) is 31.1 Å². The van der Waals surface area contributed by atoms with Gasteiger partial charge in [0.05, 0.1) is 5.60 Å². The molecule has 1 heteroatoms. The zero-order chi connectivity index (χ0) is 6.48. The molecule has 0 aromatic carbocycles. The lowest BCUT2D eigenvalue weighted by atomic mass is 9.81. The molecule has 2 bridgehead atoms. The molecule has 0 aromatic heterocycles. The Kier molecular flexibility index (Phi) is 0.854. The van der Waals surface area contributed by atoms with Crippen LogP contribution < -0.4 is 0 Å². The fourth-order valence-corrected chi connectivity index (χ4v) is 2.19. The number of hydrogen-bond acceptors (Lipinski definition) is 1. The van der Waals surface area contributed by atoms with E-state index < -0.39 is 5.60 Å². The molecule has 0 saturated heterocycles. The lowest BCUT2D eigenvalue weighted by Gasteiger charge is -2.27. The molecule has 1 nitrogen and oxygen atoms in total. The second kappa shape index (κ2) is 1.40. The van der Waals surface area contributed by atoms with Crippen LogP contribution in [0.5, 0.6) is 0 Å². The summed E-state index contributed by atoms with van der Waals surface area (Å²) >= 11 is 0. The minimum Gasteiger partial charge on any atom is -0.386 e. The van der Waals surface area contributed by atoms with E-state index in [0.717, 1.165) is 12.3 Å². The number of hydrogen-bond donors (Lipinski definition) is 1. The number of fused-ring (bicyclic) bond motifs is 1. The predicted molar refractivity (Wildman–Crippen MR) is 36.0 cm³/mol. The van der Waals surface area contributed by atoms with Crippen molar-refractivity contribution in [1.82, 2.24) is 0 Å². The predicted octanol–water partition coefficient (Wildman–Crippen LogP) is 1.33.